The second kappa shape index (κ2) is 7.27. The molecule has 0 unspecified atom stereocenters. The Kier molecular flexibility index (Phi) is 4.89. The molecule has 0 radical (unpaired) electrons. The molecule has 0 aliphatic rings. The highest BCUT2D eigenvalue weighted by Crippen LogP contribution is 2.14. The Morgan fingerprint density at radius 3 is 2.31 bits per heavy atom. The van der Waals surface area contributed by atoms with Gasteiger partial charge in [-0.3, -0.25) is 14.3 Å². The molecule has 5 nitrogen and oxygen atoms in total. The molecule has 3 rings (SSSR count). The van der Waals surface area contributed by atoms with Gasteiger partial charge in [-0.15, -0.1) is 0 Å². The van der Waals surface area contributed by atoms with Gasteiger partial charge >= 0.3 is 0 Å². The van der Waals surface area contributed by atoms with E-state index >= 15 is 0 Å². The molecular weight excluding hydrogens is 328 g/mol. The summed E-state index contributed by atoms with van der Waals surface area (Å²) in [5, 5.41) is 0. The molecule has 0 aliphatic carbocycles. The summed E-state index contributed by atoms with van der Waals surface area (Å²) < 4.78 is 8.47. The molecule has 0 saturated carbocycles. The van der Waals surface area contributed by atoms with Gasteiger partial charge in [0.25, 0.3) is 5.56 Å². The zero-order chi connectivity index (χ0) is 18.7. The van der Waals surface area contributed by atoms with Gasteiger partial charge in [0, 0.05) is 18.3 Å². The molecule has 0 fully saturated rings. The number of rotatable bonds is 5. The van der Waals surface area contributed by atoms with Crippen molar-refractivity contribution in [3.63, 3.8) is 0 Å². The van der Waals surface area contributed by atoms with Crippen LogP contribution in [0.5, 0.6) is 5.75 Å². The molecule has 1 aromatic heterocycles. The Morgan fingerprint density at radius 2 is 1.69 bits per heavy atom. The smallest absolute Gasteiger partial charge is 0.278 e. The minimum Gasteiger partial charge on any atom is -0.497 e. The van der Waals surface area contributed by atoms with E-state index in [-0.39, 0.29) is 11.3 Å². The first kappa shape index (κ1) is 17.5. The lowest BCUT2D eigenvalue weighted by molar-refractivity contribution is 0.104. The summed E-state index contributed by atoms with van der Waals surface area (Å²) in [6, 6.07) is 16.3. The van der Waals surface area contributed by atoms with E-state index in [1.54, 1.807) is 46.8 Å². The maximum Gasteiger partial charge on any atom is 0.278 e. The van der Waals surface area contributed by atoms with E-state index < -0.39 is 0 Å². The number of methoxy groups -OCH3 is 1. The largest absolute Gasteiger partial charge is 0.497 e. The molecule has 132 valence electrons. The predicted molar refractivity (Wildman–Crippen MR) is 102 cm³/mol. The van der Waals surface area contributed by atoms with Crippen LogP contribution < -0.4 is 10.3 Å². The van der Waals surface area contributed by atoms with Crippen LogP contribution in [-0.4, -0.2) is 22.3 Å². The van der Waals surface area contributed by atoms with Crippen molar-refractivity contribution in [2.45, 2.75) is 6.92 Å². The number of allylic oxidation sites excluding steroid dienone is 1. The average molecular weight is 348 g/mol. The van der Waals surface area contributed by atoms with Crippen molar-refractivity contribution < 1.29 is 9.53 Å². The number of benzene rings is 2. The minimum absolute atomic E-state index is 0.157. The molecule has 26 heavy (non-hydrogen) atoms. The third-order valence-electron chi connectivity index (χ3n) is 4.37. The summed E-state index contributed by atoms with van der Waals surface area (Å²) in [5.41, 5.74) is 2.45. The van der Waals surface area contributed by atoms with Crippen LogP contribution in [0.15, 0.2) is 65.5 Å². The lowest BCUT2D eigenvalue weighted by atomic mass is 10.1. The molecule has 0 saturated heterocycles. The van der Waals surface area contributed by atoms with Crippen molar-refractivity contribution in [1.29, 1.82) is 0 Å². The Hall–Kier alpha value is -3.34. The van der Waals surface area contributed by atoms with Gasteiger partial charge in [0.15, 0.2) is 5.78 Å². The zero-order valence-corrected chi connectivity index (χ0v) is 15.0. The van der Waals surface area contributed by atoms with Crippen molar-refractivity contribution in [3.05, 3.63) is 87.8 Å². The van der Waals surface area contributed by atoms with Crippen molar-refractivity contribution in [1.82, 2.24) is 9.36 Å². The van der Waals surface area contributed by atoms with E-state index in [2.05, 4.69) is 0 Å². The molecule has 5 heteroatoms. The first-order valence-corrected chi connectivity index (χ1v) is 8.23. The number of carbonyl (C=O) groups is 1. The van der Waals surface area contributed by atoms with Crippen LogP contribution in [0, 0.1) is 6.92 Å². The van der Waals surface area contributed by atoms with E-state index in [1.807, 2.05) is 44.3 Å². The minimum atomic E-state index is -0.165. The van der Waals surface area contributed by atoms with Crippen LogP contribution >= 0.6 is 0 Å². The average Bonchev–Trinajstić information content (AvgIpc) is 2.89. The maximum absolute atomic E-state index is 12.8. The quantitative estimate of drug-likeness (QED) is 0.525. The molecule has 1 heterocycles. The first-order chi connectivity index (χ1) is 12.5. The van der Waals surface area contributed by atoms with E-state index in [9.17, 15) is 9.59 Å². The molecule has 0 amide bonds. The Labute approximate surface area is 151 Å². The SMILES string of the molecule is COc1ccc(C(=O)C=Cc2c(C)n(C)n(-c3ccccc3)c2=O)cc1. The van der Waals surface area contributed by atoms with Gasteiger partial charge in [-0.05, 0) is 55.5 Å². The zero-order valence-electron chi connectivity index (χ0n) is 15.0. The van der Waals surface area contributed by atoms with Gasteiger partial charge in [-0.2, -0.15) is 0 Å². The number of hydrogen-bond acceptors (Lipinski definition) is 3. The second-order valence-electron chi connectivity index (χ2n) is 5.90. The monoisotopic (exact) mass is 348 g/mol. The summed E-state index contributed by atoms with van der Waals surface area (Å²) in [5.74, 6) is 0.525. The van der Waals surface area contributed by atoms with Crippen LogP contribution in [0.25, 0.3) is 11.8 Å². The molecular formula is C21H20N2O3. The van der Waals surface area contributed by atoms with E-state index in [0.717, 1.165) is 11.4 Å². The van der Waals surface area contributed by atoms with Gasteiger partial charge in [-0.25, -0.2) is 4.68 Å². The van der Waals surface area contributed by atoms with Crippen molar-refractivity contribution in [2.24, 2.45) is 7.05 Å². The summed E-state index contributed by atoms with van der Waals surface area (Å²) in [4.78, 5) is 25.2. The third kappa shape index (κ3) is 3.24. The normalized spacial score (nSPS) is 11.0. The Morgan fingerprint density at radius 1 is 1.04 bits per heavy atom. The number of carbonyl (C=O) groups excluding carboxylic acids is 1. The molecule has 2 aromatic carbocycles. The standard InChI is InChI=1S/C21H20N2O3/c1-15-19(13-14-20(24)16-9-11-18(26-3)12-10-16)21(25)23(22(15)2)17-7-5-4-6-8-17/h4-14H,1-3H3. The highest BCUT2D eigenvalue weighted by atomic mass is 16.5. The van der Waals surface area contributed by atoms with Crippen LogP contribution in [0.3, 0.4) is 0 Å². The number of nitrogens with zero attached hydrogens (tertiary/aromatic N) is 2. The molecule has 0 N–H and O–H groups in total. The fourth-order valence-corrected chi connectivity index (χ4v) is 2.79. The Balaban J connectivity index is 1.94. The van der Waals surface area contributed by atoms with Gasteiger partial charge in [0.1, 0.15) is 5.75 Å². The number of para-hydroxylation sites is 1. The lowest BCUT2D eigenvalue weighted by Gasteiger charge is -2.07. The fourth-order valence-electron chi connectivity index (χ4n) is 2.79. The molecule has 0 bridgehead atoms. The lowest BCUT2D eigenvalue weighted by Crippen LogP contribution is -2.20. The van der Waals surface area contributed by atoms with E-state index in [0.29, 0.717) is 16.9 Å². The molecule has 0 spiro atoms. The molecule has 3 aromatic rings. The summed E-state index contributed by atoms with van der Waals surface area (Å²) in [7, 11) is 3.40. The third-order valence-corrected chi connectivity index (χ3v) is 4.37. The van der Waals surface area contributed by atoms with Crippen LogP contribution in [0.4, 0.5) is 0 Å². The highest BCUT2D eigenvalue weighted by Gasteiger charge is 2.14. The number of hydrogen-bond donors (Lipinski definition) is 0. The maximum atomic E-state index is 12.8. The first-order valence-electron chi connectivity index (χ1n) is 8.23. The van der Waals surface area contributed by atoms with Crippen LogP contribution in [0.2, 0.25) is 0 Å². The van der Waals surface area contributed by atoms with Crippen molar-refractivity contribution in [2.75, 3.05) is 7.11 Å². The van der Waals surface area contributed by atoms with Gasteiger partial charge in [-0.1, -0.05) is 18.2 Å². The van der Waals surface area contributed by atoms with E-state index in [4.69, 9.17) is 4.74 Å². The van der Waals surface area contributed by atoms with Gasteiger partial charge < -0.3 is 4.74 Å². The number of ether oxygens (including phenoxy) is 1. The Bertz CT molecular complexity index is 1010. The second-order valence-corrected chi connectivity index (χ2v) is 5.90. The van der Waals surface area contributed by atoms with Crippen LogP contribution in [0.1, 0.15) is 21.6 Å². The predicted octanol–water partition coefficient (Wildman–Crippen LogP) is 3.39. The van der Waals surface area contributed by atoms with Gasteiger partial charge in [0.2, 0.25) is 0 Å². The van der Waals surface area contributed by atoms with Crippen LogP contribution in [-0.2, 0) is 7.05 Å². The van der Waals surface area contributed by atoms with Gasteiger partial charge in [0.05, 0.1) is 18.4 Å². The van der Waals surface area contributed by atoms with Crippen molar-refractivity contribution >= 4 is 11.9 Å². The molecule has 0 aliphatic heterocycles. The van der Waals surface area contributed by atoms with E-state index in [1.165, 1.54) is 6.08 Å². The summed E-state index contributed by atoms with van der Waals surface area (Å²) in [6.45, 7) is 1.86. The number of aromatic nitrogens is 2. The fraction of sp³-hybridized carbons (Fsp3) is 0.143. The summed E-state index contributed by atoms with van der Waals surface area (Å²) in [6.07, 6.45) is 3.02. The summed E-state index contributed by atoms with van der Waals surface area (Å²) >= 11 is 0. The topological polar surface area (TPSA) is 53.2 Å². The highest BCUT2D eigenvalue weighted by molar-refractivity contribution is 6.06. The van der Waals surface area contributed by atoms with Crippen molar-refractivity contribution in [3.8, 4) is 11.4 Å². The molecule has 0 atom stereocenters. The number of ketones is 1.